The van der Waals surface area contributed by atoms with E-state index in [4.69, 9.17) is 14.5 Å². The minimum Gasteiger partial charge on any atom is -0.503 e. The summed E-state index contributed by atoms with van der Waals surface area (Å²) in [6, 6.07) is 13.3. The summed E-state index contributed by atoms with van der Waals surface area (Å²) in [4.78, 5) is 31.0. The van der Waals surface area contributed by atoms with Gasteiger partial charge in [-0.15, -0.1) is 0 Å². The van der Waals surface area contributed by atoms with Crippen molar-refractivity contribution in [3.05, 3.63) is 69.3 Å². The van der Waals surface area contributed by atoms with Crippen LogP contribution in [0.5, 0.6) is 11.5 Å². The number of aliphatic imine (C=N–C) groups is 1. The first-order valence-corrected chi connectivity index (χ1v) is 11.2. The summed E-state index contributed by atoms with van der Waals surface area (Å²) in [5.41, 5.74) is 3.63. The molecule has 2 aromatic rings. The van der Waals surface area contributed by atoms with Crippen molar-refractivity contribution in [1.29, 1.82) is 0 Å². The van der Waals surface area contributed by atoms with Crippen LogP contribution in [0, 0.1) is 5.92 Å². The number of Topliss-reactive ketones (excluding diaryl/α,β-unsaturated/α-hetero) is 1. The molecule has 1 aliphatic carbocycles. The molecule has 166 valence electrons. The standard InChI is InChI=1S/C25H24BrNO5/c1-13-21(25(30)32-3)22(16-9-17(26)24(29)20(12-16)31-2)23-18(27-13)10-15(11-19(23)28)14-7-5-4-6-8-14/h4-9,12,15,21-22,29H,10-11H2,1-3H3/t15-,21?,22-/m1/s1. The average molecular weight is 498 g/mol. The molecule has 0 radical (unpaired) electrons. The van der Waals surface area contributed by atoms with Gasteiger partial charge in [0, 0.05) is 29.3 Å². The molecule has 2 aromatic carbocycles. The lowest BCUT2D eigenvalue weighted by Crippen LogP contribution is -2.37. The molecular weight excluding hydrogens is 474 g/mol. The molecule has 1 aliphatic heterocycles. The molecule has 1 N–H and O–H groups in total. The molecule has 0 aromatic heterocycles. The Bertz CT molecular complexity index is 1140. The highest BCUT2D eigenvalue weighted by molar-refractivity contribution is 9.10. The van der Waals surface area contributed by atoms with Crippen molar-refractivity contribution in [1.82, 2.24) is 0 Å². The predicted octanol–water partition coefficient (Wildman–Crippen LogP) is 4.91. The third kappa shape index (κ3) is 3.86. The number of hydrogen-bond acceptors (Lipinski definition) is 6. The van der Waals surface area contributed by atoms with E-state index in [0.29, 0.717) is 39.9 Å². The maximum absolute atomic E-state index is 13.5. The summed E-state index contributed by atoms with van der Waals surface area (Å²) in [6.07, 6.45) is 0.960. The number of esters is 1. The Kier molecular flexibility index (Phi) is 6.20. The van der Waals surface area contributed by atoms with Crippen LogP contribution in [0.3, 0.4) is 0 Å². The molecule has 3 atom stereocenters. The van der Waals surface area contributed by atoms with Crippen LogP contribution in [0.15, 0.2) is 63.2 Å². The summed E-state index contributed by atoms with van der Waals surface area (Å²) in [6.45, 7) is 1.79. The number of hydrogen-bond donors (Lipinski definition) is 1. The van der Waals surface area contributed by atoms with Crippen LogP contribution < -0.4 is 4.74 Å². The van der Waals surface area contributed by atoms with E-state index in [1.807, 2.05) is 30.3 Å². The van der Waals surface area contributed by atoms with Gasteiger partial charge in [0.1, 0.15) is 5.92 Å². The monoisotopic (exact) mass is 497 g/mol. The predicted molar refractivity (Wildman–Crippen MR) is 124 cm³/mol. The van der Waals surface area contributed by atoms with Crippen molar-refractivity contribution in [2.45, 2.75) is 31.6 Å². The van der Waals surface area contributed by atoms with Crippen LogP contribution in [0.25, 0.3) is 0 Å². The number of phenols is 1. The zero-order chi connectivity index (χ0) is 23.0. The van der Waals surface area contributed by atoms with Crippen molar-refractivity contribution in [2.75, 3.05) is 14.2 Å². The number of allylic oxidation sites excluding steroid dienone is 2. The van der Waals surface area contributed by atoms with Gasteiger partial charge in [-0.05, 0) is 58.5 Å². The quantitative estimate of drug-likeness (QED) is 0.606. The summed E-state index contributed by atoms with van der Waals surface area (Å²) in [5, 5.41) is 10.3. The molecule has 6 nitrogen and oxygen atoms in total. The SMILES string of the molecule is COC(=O)C1C(C)=NC2=C(C(=O)C[C@H](c3ccccc3)C2)[C@@H]1c1cc(Br)c(O)c(OC)c1. The lowest BCUT2D eigenvalue weighted by atomic mass is 9.69. The molecule has 2 aliphatic rings. The number of halogens is 1. The maximum Gasteiger partial charge on any atom is 0.315 e. The van der Waals surface area contributed by atoms with Gasteiger partial charge in [-0.2, -0.15) is 0 Å². The number of nitrogens with zero attached hydrogens (tertiary/aromatic N) is 1. The second kappa shape index (κ2) is 8.90. The molecule has 1 unspecified atom stereocenters. The Morgan fingerprint density at radius 2 is 1.84 bits per heavy atom. The number of carbonyl (C=O) groups is 2. The number of ether oxygens (including phenoxy) is 2. The van der Waals surface area contributed by atoms with E-state index in [1.165, 1.54) is 14.2 Å². The summed E-state index contributed by atoms with van der Waals surface area (Å²) < 4.78 is 10.8. The molecule has 0 bridgehead atoms. The molecule has 7 heteroatoms. The van der Waals surface area contributed by atoms with Crippen LogP contribution in [0.1, 0.15) is 42.7 Å². The maximum atomic E-state index is 13.5. The van der Waals surface area contributed by atoms with Gasteiger partial charge in [-0.3, -0.25) is 14.6 Å². The first-order valence-electron chi connectivity index (χ1n) is 10.4. The fraction of sp³-hybridized carbons (Fsp3) is 0.320. The van der Waals surface area contributed by atoms with Crippen LogP contribution in [-0.4, -0.2) is 36.8 Å². The van der Waals surface area contributed by atoms with E-state index in [9.17, 15) is 14.7 Å². The number of phenolic OH excluding ortho intramolecular Hbond substituents is 1. The lowest BCUT2D eigenvalue weighted by Gasteiger charge is -2.36. The smallest absolute Gasteiger partial charge is 0.315 e. The molecule has 0 spiro atoms. The number of methoxy groups -OCH3 is 2. The van der Waals surface area contributed by atoms with Crippen LogP contribution in [0.2, 0.25) is 0 Å². The first-order chi connectivity index (χ1) is 15.3. The highest BCUT2D eigenvalue weighted by Gasteiger charge is 2.45. The molecule has 0 saturated heterocycles. The molecule has 32 heavy (non-hydrogen) atoms. The van der Waals surface area contributed by atoms with E-state index >= 15 is 0 Å². The van der Waals surface area contributed by atoms with Crippen molar-refractivity contribution in [2.24, 2.45) is 10.9 Å². The first kappa shape index (κ1) is 22.3. The molecule has 1 heterocycles. The van der Waals surface area contributed by atoms with Crippen molar-refractivity contribution >= 4 is 33.4 Å². The van der Waals surface area contributed by atoms with Gasteiger partial charge >= 0.3 is 5.97 Å². The largest absolute Gasteiger partial charge is 0.503 e. The topological polar surface area (TPSA) is 85.2 Å². The van der Waals surface area contributed by atoms with Gasteiger partial charge in [0.25, 0.3) is 0 Å². The average Bonchev–Trinajstić information content (AvgIpc) is 2.79. The van der Waals surface area contributed by atoms with E-state index < -0.39 is 17.8 Å². The van der Waals surface area contributed by atoms with Gasteiger partial charge in [-0.25, -0.2) is 0 Å². The molecule has 4 rings (SSSR count). The zero-order valence-corrected chi connectivity index (χ0v) is 19.7. The number of ketones is 1. The van der Waals surface area contributed by atoms with Gasteiger partial charge in [0.2, 0.25) is 0 Å². The highest BCUT2D eigenvalue weighted by Crippen LogP contribution is 2.49. The minimum atomic E-state index is -0.739. The number of rotatable bonds is 4. The fourth-order valence-electron chi connectivity index (χ4n) is 4.74. The van der Waals surface area contributed by atoms with Gasteiger partial charge in [0.05, 0.1) is 18.7 Å². The van der Waals surface area contributed by atoms with Crippen LogP contribution in [0.4, 0.5) is 0 Å². The Balaban J connectivity index is 1.87. The Hall–Kier alpha value is -2.93. The highest BCUT2D eigenvalue weighted by atomic mass is 79.9. The Labute approximate surface area is 195 Å². The second-order valence-electron chi connectivity index (χ2n) is 8.08. The number of carbonyl (C=O) groups excluding carboxylic acids is 2. The zero-order valence-electron chi connectivity index (χ0n) is 18.1. The third-order valence-corrected chi connectivity index (χ3v) is 6.85. The van der Waals surface area contributed by atoms with E-state index in [1.54, 1.807) is 19.1 Å². The number of benzene rings is 2. The lowest BCUT2D eigenvalue weighted by molar-refractivity contribution is -0.143. The van der Waals surface area contributed by atoms with Crippen molar-refractivity contribution in [3.8, 4) is 11.5 Å². The molecule has 0 amide bonds. The summed E-state index contributed by atoms with van der Waals surface area (Å²) in [5.74, 6) is -1.55. The minimum absolute atomic E-state index is 0.0292. The Morgan fingerprint density at radius 3 is 2.50 bits per heavy atom. The second-order valence-corrected chi connectivity index (χ2v) is 8.94. The normalized spacial score (nSPS) is 22.8. The molecule has 0 fully saturated rings. The van der Waals surface area contributed by atoms with E-state index in [0.717, 1.165) is 5.56 Å². The molecule has 0 saturated carbocycles. The van der Waals surface area contributed by atoms with E-state index in [-0.39, 0.29) is 23.2 Å². The van der Waals surface area contributed by atoms with Gasteiger partial charge < -0.3 is 14.6 Å². The fourth-order valence-corrected chi connectivity index (χ4v) is 5.20. The summed E-state index contributed by atoms with van der Waals surface area (Å²) >= 11 is 3.36. The Morgan fingerprint density at radius 1 is 1.12 bits per heavy atom. The molecular formula is C25H24BrNO5. The van der Waals surface area contributed by atoms with Crippen molar-refractivity contribution in [3.63, 3.8) is 0 Å². The van der Waals surface area contributed by atoms with Gasteiger partial charge in [-0.1, -0.05) is 30.3 Å². The number of aromatic hydroxyl groups is 1. The van der Waals surface area contributed by atoms with Crippen LogP contribution >= 0.6 is 15.9 Å². The third-order valence-electron chi connectivity index (χ3n) is 6.24. The van der Waals surface area contributed by atoms with Crippen molar-refractivity contribution < 1.29 is 24.2 Å². The van der Waals surface area contributed by atoms with Gasteiger partial charge in [0.15, 0.2) is 17.3 Å². The van der Waals surface area contributed by atoms with Crippen LogP contribution in [-0.2, 0) is 14.3 Å². The summed E-state index contributed by atoms with van der Waals surface area (Å²) in [7, 11) is 2.79. The van der Waals surface area contributed by atoms with E-state index in [2.05, 4.69) is 15.9 Å².